The fourth-order valence-corrected chi connectivity index (χ4v) is 2.71. The maximum atomic E-state index is 10.5. The zero-order valence-electron chi connectivity index (χ0n) is 12.3. The topological polar surface area (TPSA) is 126 Å². The molecule has 120 valence electrons. The van der Waals surface area contributed by atoms with Crippen LogP contribution in [0.4, 0.5) is 5.82 Å². The van der Waals surface area contributed by atoms with E-state index in [4.69, 9.17) is 4.74 Å². The molecule has 1 fully saturated rings. The van der Waals surface area contributed by atoms with Crippen LogP contribution in [0.2, 0.25) is 0 Å². The minimum atomic E-state index is -1.58. The van der Waals surface area contributed by atoms with Crippen molar-refractivity contribution in [1.29, 1.82) is 0 Å². The second-order valence-corrected chi connectivity index (χ2v) is 5.46. The SMILES string of the molecule is CCNc1ncnc2c1ncn2[C@@H]1O[C@H](CO)[C@H](O)C1(C)O. The number of fused-ring (bicyclic) bond motifs is 1. The zero-order valence-corrected chi connectivity index (χ0v) is 12.3. The Morgan fingerprint density at radius 2 is 2.18 bits per heavy atom. The minimum Gasteiger partial charge on any atom is -0.394 e. The molecule has 4 N–H and O–H groups in total. The van der Waals surface area contributed by atoms with Crippen LogP contribution in [0.15, 0.2) is 12.7 Å². The molecule has 1 saturated heterocycles. The van der Waals surface area contributed by atoms with Gasteiger partial charge in [0.15, 0.2) is 23.2 Å². The van der Waals surface area contributed by atoms with E-state index < -0.39 is 30.6 Å². The first-order chi connectivity index (χ1) is 10.5. The summed E-state index contributed by atoms with van der Waals surface area (Å²) < 4.78 is 7.12. The fraction of sp³-hybridized carbons (Fsp3) is 0.615. The van der Waals surface area contributed by atoms with Gasteiger partial charge in [-0.1, -0.05) is 0 Å². The van der Waals surface area contributed by atoms with Gasteiger partial charge >= 0.3 is 0 Å². The molecular formula is C13H19N5O4. The van der Waals surface area contributed by atoms with E-state index in [0.717, 1.165) is 0 Å². The number of rotatable bonds is 4. The van der Waals surface area contributed by atoms with Gasteiger partial charge in [-0.3, -0.25) is 4.57 Å². The van der Waals surface area contributed by atoms with Gasteiger partial charge in [-0.15, -0.1) is 0 Å². The molecule has 0 aliphatic carbocycles. The first-order valence-electron chi connectivity index (χ1n) is 7.08. The van der Waals surface area contributed by atoms with Crippen molar-refractivity contribution in [2.75, 3.05) is 18.5 Å². The Morgan fingerprint density at radius 1 is 1.41 bits per heavy atom. The van der Waals surface area contributed by atoms with Gasteiger partial charge in [0, 0.05) is 6.54 Å². The molecule has 3 rings (SSSR count). The molecule has 0 radical (unpaired) electrons. The van der Waals surface area contributed by atoms with E-state index in [2.05, 4.69) is 20.3 Å². The van der Waals surface area contributed by atoms with Crippen LogP contribution in [0.3, 0.4) is 0 Å². The normalized spacial score (nSPS) is 31.8. The molecule has 1 unspecified atom stereocenters. The summed E-state index contributed by atoms with van der Waals surface area (Å²) >= 11 is 0. The van der Waals surface area contributed by atoms with E-state index in [1.165, 1.54) is 24.1 Å². The molecule has 0 aromatic carbocycles. The second-order valence-electron chi connectivity index (χ2n) is 5.46. The number of aliphatic hydroxyl groups excluding tert-OH is 2. The fourth-order valence-electron chi connectivity index (χ4n) is 2.71. The lowest BCUT2D eigenvalue weighted by Gasteiger charge is -2.27. The van der Waals surface area contributed by atoms with E-state index in [0.29, 0.717) is 23.5 Å². The first-order valence-corrected chi connectivity index (χ1v) is 7.08. The van der Waals surface area contributed by atoms with Gasteiger partial charge < -0.3 is 25.4 Å². The van der Waals surface area contributed by atoms with Crippen LogP contribution in [0.25, 0.3) is 11.2 Å². The lowest BCUT2D eigenvalue weighted by molar-refractivity contribution is -0.0950. The summed E-state index contributed by atoms with van der Waals surface area (Å²) in [6.07, 6.45) is -0.120. The third-order valence-electron chi connectivity index (χ3n) is 3.89. The van der Waals surface area contributed by atoms with Crippen LogP contribution in [0.5, 0.6) is 0 Å². The van der Waals surface area contributed by atoms with Gasteiger partial charge in [0.05, 0.1) is 12.9 Å². The average molecular weight is 309 g/mol. The molecular weight excluding hydrogens is 290 g/mol. The highest BCUT2D eigenvalue weighted by molar-refractivity contribution is 5.82. The largest absolute Gasteiger partial charge is 0.394 e. The highest BCUT2D eigenvalue weighted by Gasteiger charge is 2.53. The Hall–Kier alpha value is -1.81. The highest BCUT2D eigenvalue weighted by Crippen LogP contribution is 2.39. The van der Waals surface area contributed by atoms with Gasteiger partial charge in [0.1, 0.15) is 24.1 Å². The standard InChI is InChI=1S/C13H19N5O4/c1-3-14-10-8-11(16-5-15-10)18(6-17-8)12-13(2,21)9(20)7(4-19)22-12/h5-7,9,12,19-21H,3-4H2,1-2H3,(H,14,15,16)/t7-,9+,12-,13?/m1/s1. The summed E-state index contributed by atoms with van der Waals surface area (Å²) in [6, 6.07) is 0. The van der Waals surface area contributed by atoms with Crippen LogP contribution in [0.1, 0.15) is 20.1 Å². The van der Waals surface area contributed by atoms with E-state index in [-0.39, 0.29) is 0 Å². The Balaban J connectivity index is 2.06. The van der Waals surface area contributed by atoms with Crippen LogP contribution in [0, 0.1) is 0 Å². The predicted molar refractivity (Wildman–Crippen MR) is 77.1 cm³/mol. The first kappa shape index (κ1) is 15.1. The number of nitrogens with zero attached hydrogens (tertiary/aromatic N) is 4. The number of imidazole rings is 1. The van der Waals surface area contributed by atoms with Crippen LogP contribution in [-0.2, 0) is 4.74 Å². The molecule has 1 aliphatic rings. The number of nitrogens with one attached hydrogen (secondary N) is 1. The van der Waals surface area contributed by atoms with Gasteiger partial charge in [-0.25, -0.2) is 15.0 Å². The molecule has 2 aromatic heterocycles. The van der Waals surface area contributed by atoms with Crippen molar-refractivity contribution >= 4 is 17.0 Å². The Labute approximate surface area is 126 Å². The summed E-state index contributed by atoms with van der Waals surface area (Å²) in [5.41, 5.74) is -0.558. The number of ether oxygens (including phenoxy) is 1. The quantitative estimate of drug-likeness (QED) is 0.582. The third-order valence-corrected chi connectivity index (χ3v) is 3.89. The van der Waals surface area contributed by atoms with Gasteiger partial charge in [-0.2, -0.15) is 0 Å². The number of hydrogen-bond acceptors (Lipinski definition) is 8. The molecule has 9 heteroatoms. The van der Waals surface area contributed by atoms with Crippen molar-refractivity contribution in [3.63, 3.8) is 0 Å². The number of aliphatic hydroxyl groups is 3. The molecule has 2 aromatic rings. The second kappa shape index (κ2) is 5.43. The summed E-state index contributed by atoms with van der Waals surface area (Å²) in [5, 5.41) is 33.0. The lowest BCUT2D eigenvalue weighted by Crippen LogP contribution is -2.44. The molecule has 0 bridgehead atoms. The van der Waals surface area contributed by atoms with Gasteiger partial charge in [0.2, 0.25) is 0 Å². The molecule has 0 spiro atoms. The third kappa shape index (κ3) is 2.13. The van der Waals surface area contributed by atoms with Crippen molar-refractivity contribution in [3.05, 3.63) is 12.7 Å². The summed E-state index contributed by atoms with van der Waals surface area (Å²) in [5.74, 6) is 0.586. The van der Waals surface area contributed by atoms with Crippen molar-refractivity contribution in [2.24, 2.45) is 0 Å². The van der Waals surface area contributed by atoms with Crippen LogP contribution < -0.4 is 5.32 Å². The molecule has 0 saturated carbocycles. The monoisotopic (exact) mass is 309 g/mol. The lowest BCUT2D eigenvalue weighted by atomic mass is 9.96. The van der Waals surface area contributed by atoms with E-state index in [1.807, 2.05) is 6.92 Å². The number of hydrogen-bond donors (Lipinski definition) is 4. The zero-order chi connectivity index (χ0) is 15.9. The molecule has 4 atom stereocenters. The number of aromatic nitrogens is 4. The average Bonchev–Trinajstić information content (AvgIpc) is 3.01. The van der Waals surface area contributed by atoms with E-state index in [1.54, 1.807) is 0 Å². The van der Waals surface area contributed by atoms with E-state index in [9.17, 15) is 15.3 Å². The summed E-state index contributed by atoms with van der Waals surface area (Å²) in [7, 11) is 0. The van der Waals surface area contributed by atoms with Crippen molar-refractivity contribution in [2.45, 2.75) is 37.9 Å². The van der Waals surface area contributed by atoms with Crippen LogP contribution >= 0.6 is 0 Å². The van der Waals surface area contributed by atoms with Crippen LogP contribution in [-0.4, -0.2) is 65.8 Å². The smallest absolute Gasteiger partial charge is 0.168 e. The maximum Gasteiger partial charge on any atom is 0.168 e. The van der Waals surface area contributed by atoms with Crippen molar-refractivity contribution < 1.29 is 20.1 Å². The van der Waals surface area contributed by atoms with Gasteiger partial charge in [0.25, 0.3) is 0 Å². The van der Waals surface area contributed by atoms with E-state index >= 15 is 0 Å². The minimum absolute atomic E-state index is 0.391. The molecule has 9 nitrogen and oxygen atoms in total. The Bertz CT molecular complexity index is 673. The maximum absolute atomic E-state index is 10.5. The molecule has 1 aliphatic heterocycles. The summed E-state index contributed by atoms with van der Waals surface area (Å²) in [4.78, 5) is 12.6. The van der Waals surface area contributed by atoms with Gasteiger partial charge in [-0.05, 0) is 13.8 Å². The summed E-state index contributed by atoms with van der Waals surface area (Å²) in [6.45, 7) is 3.69. The molecule has 0 amide bonds. The molecule has 3 heterocycles. The highest BCUT2D eigenvalue weighted by atomic mass is 16.6. The number of anilines is 1. The Kier molecular flexibility index (Phi) is 3.73. The Morgan fingerprint density at radius 3 is 2.82 bits per heavy atom. The predicted octanol–water partition coefficient (Wildman–Crippen LogP) is -0.740. The van der Waals surface area contributed by atoms with Crippen molar-refractivity contribution in [3.8, 4) is 0 Å². The van der Waals surface area contributed by atoms with Crippen molar-refractivity contribution in [1.82, 2.24) is 19.5 Å². The molecule has 22 heavy (non-hydrogen) atoms.